The van der Waals surface area contributed by atoms with Crippen molar-refractivity contribution < 1.29 is 28.3 Å². The lowest BCUT2D eigenvalue weighted by Gasteiger charge is -2.20. The van der Waals surface area contributed by atoms with E-state index < -0.39 is 5.97 Å². The van der Waals surface area contributed by atoms with Crippen molar-refractivity contribution >= 4 is 17.6 Å². The molecule has 0 spiro atoms. The zero-order valence-electron chi connectivity index (χ0n) is 16.2. The molecule has 3 aromatic rings. The van der Waals surface area contributed by atoms with Crippen molar-refractivity contribution in [3.05, 3.63) is 54.4 Å². The first-order chi connectivity index (χ1) is 14.6. The average Bonchev–Trinajstić information content (AvgIpc) is 3.19. The number of fused-ring (bicyclic) bond motifs is 1. The summed E-state index contributed by atoms with van der Waals surface area (Å²) in [6.07, 6.45) is 0.176. The Morgan fingerprint density at radius 2 is 2.07 bits per heavy atom. The third kappa shape index (κ3) is 4.24. The number of hydrogen-bond donors (Lipinski definition) is 0. The van der Waals surface area contributed by atoms with Crippen molar-refractivity contribution in [2.75, 3.05) is 25.2 Å². The van der Waals surface area contributed by atoms with Crippen LogP contribution in [0.4, 0.5) is 5.69 Å². The largest absolute Gasteiger partial charge is 0.497 e. The number of hydrogen-bond acceptors (Lipinski definition) is 8. The molecule has 1 aromatic heterocycles. The number of carbonyl (C=O) groups is 2. The summed E-state index contributed by atoms with van der Waals surface area (Å²) < 4.78 is 21.1. The molecule has 2 heterocycles. The van der Waals surface area contributed by atoms with Crippen LogP contribution in [0.2, 0.25) is 0 Å². The molecule has 154 valence electrons. The number of rotatable bonds is 6. The van der Waals surface area contributed by atoms with E-state index in [-0.39, 0.29) is 38.0 Å². The highest BCUT2D eigenvalue weighted by Gasteiger charge is 2.25. The van der Waals surface area contributed by atoms with E-state index in [1.807, 2.05) is 12.1 Å². The Morgan fingerprint density at radius 3 is 2.93 bits per heavy atom. The van der Waals surface area contributed by atoms with Gasteiger partial charge in [-0.3, -0.25) is 14.5 Å². The van der Waals surface area contributed by atoms with Crippen LogP contribution in [0.5, 0.6) is 11.5 Å². The molecule has 1 aliphatic rings. The van der Waals surface area contributed by atoms with E-state index in [1.165, 1.54) is 4.90 Å². The van der Waals surface area contributed by atoms with E-state index in [1.54, 1.807) is 43.5 Å². The number of methoxy groups -OCH3 is 1. The number of para-hydroxylation sites is 2. The third-order valence-electron chi connectivity index (χ3n) is 4.47. The van der Waals surface area contributed by atoms with E-state index in [4.69, 9.17) is 18.7 Å². The first-order valence-electron chi connectivity index (χ1n) is 9.29. The van der Waals surface area contributed by atoms with Crippen LogP contribution in [-0.4, -0.2) is 42.3 Å². The van der Waals surface area contributed by atoms with Gasteiger partial charge in [0.2, 0.25) is 11.7 Å². The normalized spacial score (nSPS) is 13.2. The number of amides is 1. The third-order valence-corrected chi connectivity index (χ3v) is 4.47. The highest BCUT2D eigenvalue weighted by Crippen LogP contribution is 2.30. The molecule has 30 heavy (non-hydrogen) atoms. The zero-order chi connectivity index (χ0) is 20.9. The van der Waals surface area contributed by atoms with Gasteiger partial charge in [-0.05, 0) is 24.3 Å². The summed E-state index contributed by atoms with van der Waals surface area (Å²) in [5, 5.41) is 3.90. The van der Waals surface area contributed by atoms with Gasteiger partial charge in [-0.1, -0.05) is 29.4 Å². The summed E-state index contributed by atoms with van der Waals surface area (Å²) in [6.45, 7) is -0.178. The summed E-state index contributed by atoms with van der Waals surface area (Å²) >= 11 is 0. The van der Waals surface area contributed by atoms with Gasteiger partial charge in [-0.2, -0.15) is 4.98 Å². The summed E-state index contributed by atoms with van der Waals surface area (Å²) in [6, 6.07) is 14.3. The van der Waals surface area contributed by atoms with Gasteiger partial charge in [0.25, 0.3) is 5.89 Å². The smallest absolute Gasteiger partial charge is 0.326 e. The molecule has 9 nitrogen and oxygen atoms in total. The molecule has 0 unspecified atom stereocenters. The van der Waals surface area contributed by atoms with E-state index in [0.29, 0.717) is 28.6 Å². The van der Waals surface area contributed by atoms with Gasteiger partial charge in [0.15, 0.2) is 6.61 Å². The van der Waals surface area contributed by atoms with Gasteiger partial charge < -0.3 is 18.7 Å². The molecule has 1 amide bonds. The highest BCUT2D eigenvalue weighted by molar-refractivity contribution is 5.99. The molecular formula is C21H19N3O6. The molecule has 0 aliphatic carbocycles. The standard InChI is InChI=1S/C21H19N3O6/c1-27-15-6-4-5-14(11-15)21-22-18(30-23-21)13-29-20(26)12-24-16-7-2-3-8-17(16)28-10-9-19(24)25/h2-8,11H,9-10,12-13H2,1H3. The van der Waals surface area contributed by atoms with Crippen molar-refractivity contribution in [1.29, 1.82) is 0 Å². The Morgan fingerprint density at radius 1 is 1.20 bits per heavy atom. The molecule has 0 atom stereocenters. The van der Waals surface area contributed by atoms with E-state index in [9.17, 15) is 9.59 Å². The fourth-order valence-electron chi connectivity index (χ4n) is 3.00. The monoisotopic (exact) mass is 409 g/mol. The quantitative estimate of drug-likeness (QED) is 0.572. The number of anilines is 1. The summed E-state index contributed by atoms with van der Waals surface area (Å²) in [5.74, 6) is 0.907. The first kappa shape index (κ1) is 19.4. The van der Waals surface area contributed by atoms with Crippen LogP contribution in [0.25, 0.3) is 11.4 Å². The lowest BCUT2D eigenvalue weighted by atomic mass is 10.2. The van der Waals surface area contributed by atoms with Gasteiger partial charge in [-0.25, -0.2) is 0 Å². The predicted octanol–water partition coefficient (Wildman–Crippen LogP) is 2.60. The van der Waals surface area contributed by atoms with Gasteiger partial charge in [0.1, 0.15) is 18.0 Å². The van der Waals surface area contributed by atoms with Gasteiger partial charge in [0, 0.05) is 5.56 Å². The Hall–Kier alpha value is -3.88. The minimum Gasteiger partial charge on any atom is -0.497 e. The second kappa shape index (κ2) is 8.64. The second-order valence-electron chi connectivity index (χ2n) is 6.45. The molecule has 0 radical (unpaired) electrons. The van der Waals surface area contributed by atoms with Crippen LogP contribution in [0.15, 0.2) is 53.1 Å². The molecule has 0 fully saturated rings. The highest BCUT2D eigenvalue weighted by atomic mass is 16.6. The van der Waals surface area contributed by atoms with E-state index in [0.717, 1.165) is 0 Å². The van der Waals surface area contributed by atoms with Gasteiger partial charge in [0.05, 0.1) is 25.8 Å². The fourth-order valence-corrected chi connectivity index (χ4v) is 3.00. The number of aromatic nitrogens is 2. The van der Waals surface area contributed by atoms with Crippen molar-refractivity contribution in [2.45, 2.75) is 13.0 Å². The molecule has 4 rings (SSSR count). The Bertz CT molecular complexity index is 1060. The molecule has 0 saturated carbocycles. The van der Waals surface area contributed by atoms with Crippen LogP contribution in [0.1, 0.15) is 12.3 Å². The fraction of sp³-hybridized carbons (Fsp3) is 0.238. The van der Waals surface area contributed by atoms with Crippen molar-refractivity contribution in [3.8, 4) is 22.9 Å². The van der Waals surface area contributed by atoms with Crippen LogP contribution in [0.3, 0.4) is 0 Å². The predicted molar refractivity (Wildman–Crippen MR) is 105 cm³/mol. The molecule has 9 heteroatoms. The topological polar surface area (TPSA) is 104 Å². The van der Waals surface area contributed by atoms with Crippen molar-refractivity contribution in [3.63, 3.8) is 0 Å². The van der Waals surface area contributed by atoms with E-state index in [2.05, 4.69) is 10.1 Å². The number of benzene rings is 2. The Kier molecular flexibility index (Phi) is 5.60. The zero-order valence-corrected chi connectivity index (χ0v) is 16.2. The van der Waals surface area contributed by atoms with Crippen molar-refractivity contribution in [1.82, 2.24) is 10.1 Å². The van der Waals surface area contributed by atoms with Crippen LogP contribution in [0, 0.1) is 0 Å². The van der Waals surface area contributed by atoms with Gasteiger partial charge >= 0.3 is 5.97 Å². The van der Waals surface area contributed by atoms with Crippen LogP contribution < -0.4 is 14.4 Å². The second-order valence-corrected chi connectivity index (χ2v) is 6.45. The SMILES string of the molecule is COc1cccc(-c2noc(COC(=O)CN3C(=O)CCOc4ccccc43)n2)c1. The molecule has 1 aliphatic heterocycles. The maximum absolute atomic E-state index is 12.4. The molecule has 2 aromatic carbocycles. The molecule has 0 saturated heterocycles. The van der Waals surface area contributed by atoms with E-state index >= 15 is 0 Å². The Balaban J connectivity index is 1.40. The molecule has 0 bridgehead atoms. The minimum absolute atomic E-state index is 0.145. The minimum atomic E-state index is -0.596. The number of nitrogens with zero attached hydrogens (tertiary/aromatic N) is 3. The van der Waals surface area contributed by atoms with Crippen molar-refractivity contribution in [2.24, 2.45) is 0 Å². The molecular weight excluding hydrogens is 390 g/mol. The molecule has 0 N–H and O–H groups in total. The number of ether oxygens (including phenoxy) is 3. The maximum atomic E-state index is 12.4. The Labute approximate surface area is 172 Å². The lowest BCUT2D eigenvalue weighted by Crippen LogP contribution is -2.36. The maximum Gasteiger partial charge on any atom is 0.326 e. The summed E-state index contributed by atoms with van der Waals surface area (Å²) in [5.41, 5.74) is 1.25. The van der Waals surface area contributed by atoms with Crippen LogP contribution in [-0.2, 0) is 20.9 Å². The van der Waals surface area contributed by atoms with Gasteiger partial charge in [-0.15, -0.1) is 0 Å². The van der Waals surface area contributed by atoms with Crippen LogP contribution >= 0.6 is 0 Å². The average molecular weight is 409 g/mol. The number of esters is 1. The number of carbonyl (C=O) groups excluding carboxylic acids is 2. The summed E-state index contributed by atoms with van der Waals surface area (Å²) in [7, 11) is 1.57. The summed E-state index contributed by atoms with van der Waals surface area (Å²) in [4.78, 5) is 30.3. The first-order valence-corrected chi connectivity index (χ1v) is 9.29. The lowest BCUT2D eigenvalue weighted by molar-refractivity contribution is -0.144.